The van der Waals surface area contributed by atoms with Crippen LogP contribution in [0.4, 0.5) is 0 Å². The Morgan fingerprint density at radius 3 is 2.38 bits per heavy atom. The minimum Gasteiger partial charge on any atom is -0.497 e. The van der Waals surface area contributed by atoms with Gasteiger partial charge < -0.3 is 9.15 Å². The van der Waals surface area contributed by atoms with Crippen LogP contribution in [0.15, 0.2) is 65.1 Å². The van der Waals surface area contributed by atoms with Gasteiger partial charge in [-0.15, -0.1) is 0 Å². The van der Waals surface area contributed by atoms with Crippen molar-refractivity contribution in [1.29, 1.82) is 5.26 Å². The number of methoxy groups -OCH3 is 1. The second-order valence-corrected chi connectivity index (χ2v) is 5.54. The molecular weight excluding hydrogens is 322 g/mol. The molecule has 0 radical (unpaired) electrons. The normalized spacial score (nSPS) is 11.1. The van der Waals surface area contributed by atoms with Gasteiger partial charge in [-0.05, 0) is 60.2 Å². The first-order chi connectivity index (χ1) is 11.7. The highest BCUT2D eigenvalue weighted by atomic mass is 35.5. The number of halogens is 1. The Balaban J connectivity index is 1.88. The van der Waals surface area contributed by atoms with Crippen molar-refractivity contribution in [3.05, 3.63) is 77.0 Å². The van der Waals surface area contributed by atoms with E-state index in [-0.39, 0.29) is 0 Å². The fourth-order valence-electron chi connectivity index (χ4n) is 2.29. The number of benzene rings is 2. The highest BCUT2D eigenvalue weighted by Crippen LogP contribution is 2.27. The fraction of sp³-hybridized carbons (Fsp3) is 0.0500. The summed E-state index contributed by atoms with van der Waals surface area (Å²) in [6.45, 7) is 0. The first kappa shape index (κ1) is 15.9. The van der Waals surface area contributed by atoms with Gasteiger partial charge in [0, 0.05) is 10.6 Å². The summed E-state index contributed by atoms with van der Waals surface area (Å²) in [6, 6.07) is 20.7. The van der Waals surface area contributed by atoms with Crippen molar-refractivity contribution in [2.45, 2.75) is 0 Å². The smallest absolute Gasteiger partial charge is 0.134 e. The van der Waals surface area contributed by atoms with Crippen LogP contribution in [0.2, 0.25) is 5.02 Å². The maximum atomic E-state index is 9.38. The summed E-state index contributed by atoms with van der Waals surface area (Å²) in [5.41, 5.74) is 2.26. The van der Waals surface area contributed by atoms with Gasteiger partial charge in [-0.2, -0.15) is 5.26 Å². The third-order valence-corrected chi connectivity index (χ3v) is 3.82. The Morgan fingerprint density at radius 2 is 1.75 bits per heavy atom. The number of allylic oxidation sites excluding steroid dienone is 1. The molecule has 2 aromatic carbocycles. The minimum atomic E-state index is 0.516. The van der Waals surface area contributed by atoms with Crippen LogP contribution in [0.3, 0.4) is 0 Å². The molecule has 0 saturated carbocycles. The second-order valence-electron chi connectivity index (χ2n) is 5.11. The Morgan fingerprint density at radius 1 is 1.04 bits per heavy atom. The second kappa shape index (κ2) is 7.08. The van der Waals surface area contributed by atoms with Crippen molar-refractivity contribution in [2.24, 2.45) is 0 Å². The number of nitrogens with zero attached hydrogens (tertiary/aromatic N) is 1. The minimum absolute atomic E-state index is 0.516. The van der Waals surface area contributed by atoms with Crippen molar-refractivity contribution >= 4 is 23.3 Å². The monoisotopic (exact) mass is 335 g/mol. The summed E-state index contributed by atoms with van der Waals surface area (Å²) in [4.78, 5) is 0. The van der Waals surface area contributed by atoms with Crippen LogP contribution in [0, 0.1) is 11.3 Å². The van der Waals surface area contributed by atoms with E-state index in [0.29, 0.717) is 16.4 Å². The van der Waals surface area contributed by atoms with Crippen LogP contribution < -0.4 is 4.74 Å². The van der Waals surface area contributed by atoms with Crippen LogP contribution in [0.1, 0.15) is 11.3 Å². The molecule has 3 rings (SSSR count). The van der Waals surface area contributed by atoms with Gasteiger partial charge in [-0.3, -0.25) is 0 Å². The third kappa shape index (κ3) is 3.51. The Labute approximate surface area is 145 Å². The molecule has 0 N–H and O–H groups in total. The molecule has 0 bridgehead atoms. The lowest BCUT2D eigenvalue weighted by Gasteiger charge is -2.01. The lowest BCUT2D eigenvalue weighted by molar-refractivity contribution is 0.415. The zero-order valence-electron chi connectivity index (χ0n) is 13.0. The van der Waals surface area contributed by atoms with Crippen LogP contribution in [-0.2, 0) is 0 Å². The molecule has 0 saturated heterocycles. The first-order valence-electron chi connectivity index (χ1n) is 7.31. The van der Waals surface area contributed by atoms with Crippen molar-refractivity contribution in [1.82, 2.24) is 0 Å². The van der Waals surface area contributed by atoms with Gasteiger partial charge in [0.25, 0.3) is 0 Å². The fourth-order valence-corrected chi connectivity index (χ4v) is 2.42. The lowest BCUT2D eigenvalue weighted by Crippen LogP contribution is -1.81. The number of furan rings is 1. The van der Waals surface area contributed by atoms with Crippen molar-refractivity contribution in [3.8, 4) is 23.1 Å². The summed E-state index contributed by atoms with van der Waals surface area (Å²) in [5, 5.41) is 10.0. The number of ether oxygens (including phenoxy) is 1. The molecule has 0 amide bonds. The molecule has 0 aliphatic carbocycles. The molecule has 0 aliphatic heterocycles. The van der Waals surface area contributed by atoms with Gasteiger partial charge in [0.1, 0.15) is 17.3 Å². The van der Waals surface area contributed by atoms with Gasteiger partial charge in [-0.25, -0.2) is 0 Å². The predicted octanol–water partition coefficient (Wildman–Crippen LogP) is 5.67. The van der Waals surface area contributed by atoms with E-state index in [1.165, 1.54) is 0 Å². The Kier molecular flexibility index (Phi) is 4.69. The molecule has 3 nitrogen and oxygen atoms in total. The highest BCUT2D eigenvalue weighted by molar-refractivity contribution is 6.30. The molecule has 4 heteroatoms. The lowest BCUT2D eigenvalue weighted by atomic mass is 10.1. The molecule has 24 heavy (non-hydrogen) atoms. The zero-order valence-corrected chi connectivity index (χ0v) is 13.7. The molecule has 3 aromatic rings. The Bertz CT molecular complexity index is 900. The summed E-state index contributed by atoms with van der Waals surface area (Å²) in [7, 11) is 1.63. The zero-order chi connectivity index (χ0) is 16.9. The van der Waals surface area contributed by atoms with E-state index in [1.54, 1.807) is 25.3 Å². The quantitative estimate of drug-likeness (QED) is 0.577. The van der Waals surface area contributed by atoms with Crippen molar-refractivity contribution in [3.63, 3.8) is 0 Å². The number of rotatable bonds is 4. The molecule has 0 unspecified atom stereocenters. The number of hydrogen-bond acceptors (Lipinski definition) is 3. The van der Waals surface area contributed by atoms with E-state index in [9.17, 15) is 5.26 Å². The molecule has 118 valence electrons. The number of hydrogen-bond donors (Lipinski definition) is 0. The summed E-state index contributed by atoms with van der Waals surface area (Å²) in [6.07, 6.45) is 1.72. The first-order valence-corrected chi connectivity index (χ1v) is 7.69. The molecule has 1 aromatic heterocycles. The van der Waals surface area contributed by atoms with Gasteiger partial charge in [0.05, 0.1) is 18.8 Å². The summed E-state index contributed by atoms with van der Waals surface area (Å²) in [5.74, 6) is 2.14. The Hall–Kier alpha value is -2.96. The van der Waals surface area contributed by atoms with E-state index >= 15 is 0 Å². The van der Waals surface area contributed by atoms with E-state index in [4.69, 9.17) is 20.8 Å². The maximum absolute atomic E-state index is 9.38. The van der Waals surface area contributed by atoms with Crippen molar-refractivity contribution in [2.75, 3.05) is 7.11 Å². The average Bonchev–Trinajstić information content (AvgIpc) is 3.09. The van der Waals surface area contributed by atoms with Crippen LogP contribution in [0.25, 0.3) is 23.0 Å². The van der Waals surface area contributed by atoms with E-state index in [1.807, 2.05) is 48.5 Å². The van der Waals surface area contributed by atoms with Gasteiger partial charge in [-0.1, -0.05) is 23.7 Å². The standard InChI is InChI=1S/C20H14ClNO2/c1-23-18-8-4-15(5-9-18)20-11-10-19(24-20)12-16(13-22)14-2-6-17(21)7-3-14/h2-12H,1H3. The topological polar surface area (TPSA) is 46.2 Å². The van der Waals surface area contributed by atoms with E-state index < -0.39 is 0 Å². The molecule has 1 heterocycles. The van der Waals surface area contributed by atoms with Gasteiger partial charge in [0.2, 0.25) is 0 Å². The average molecular weight is 336 g/mol. The SMILES string of the molecule is COc1ccc(-c2ccc(C=C(C#N)c3ccc(Cl)cc3)o2)cc1. The molecule has 0 spiro atoms. The molecular formula is C20H14ClNO2. The third-order valence-electron chi connectivity index (χ3n) is 3.56. The van der Waals surface area contributed by atoms with Crippen LogP contribution >= 0.6 is 11.6 Å². The van der Waals surface area contributed by atoms with Gasteiger partial charge in [0.15, 0.2) is 0 Å². The van der Waals surface area contributed by atoms with E-state index in [2.05, 4.69) is 6.07 Å². The van der Waals surface area contributed by atoms with Crippen molar-refractivity contribution < 1.29 is 9.15 Å². The largest absolute Gasteiger partial charge is 0.497 e. The van der Waals surface area contributed by atoms with E-state index in [0.717, 1.165) is 22.6 Å². The van der Waals surface area contributed by atoms with Crippen LogP contribution in [0.5, 0.6) is 5.75 Å². The number of nitriles is 1. The summed E-state index contributed by atoms with van der Waals surface area (Å²) >= 11 is 5.88. The molecule has 0 atom stereocenters. The predicted molar refractivity (Wildman–Crippen MR) is 95.6 cm³/mol. The van der Waals surface area contributed by atoms with Gasteiger partial charge >= 0.3 is 0 Å². The molecule has 0 fully saturated rings. The van der Waals surface area contributed by atoms with Crippen LogP contribution in [-0.4, -0.2) is 7.11 Å². The highest BCUT2D eigenvalue weighted by Gasteiger charge is 2.06. The summed E-state index contributed by atoms with van der Waals surface area (Å²) < 4.78 is 11.0. The molecule has 0 aliphatic rings. The maximum Gasteiger partial charge on any atom is 0.134 e.